The lowest BCUT2D eigenvalue weighted by Crippen LogP contribution is -2.42. The van der Waals surface area contributed by atoms with Gasteiger partial charge in [0.1, 0.15) is 0 Å². The highest BCUT2D eigenvalue weighted by atomic mass is 16.5. The molecule has 0 bridgehead atoms. The summed E-state index contributed by atoms with van der Waals surface area (Å²) in [5.41, 5.74) is 0. The number of hydrogen-bond acceptors (Lipinski definition) is 3. The molecule has 1 heterocycles. The zero-order valence-electron chi connectivity index (χ0n) is 8.03. The fraction of sp³-hybridized carbons (Fsp3) is 0.889. The molecule has 1 rings (SSSR count). The topological polar surface area (TPSA) is 49.8 Å². The number of likely N-dealkylation sites (N-methyl/N-ethyl adjacent to an activating group) is 1. The van der Waals surface area contributed by atoms with Crippen molar-refractivity contribution in [3.63, 3.8) is 0 Å². The number of ether oxygens (including phenoxy) is 1. The van der Waals surface area contributed by atoms with Gasteiger partial charge in [0.2, 0.25) is 0 Å². The number of nitrogens with zero attached hydrogens (tertiary/aromatic N) is 1. The summed E-state index contributed by atoms with van der Waals surface area (Å²) in [6.45, 7) is 4.48. The van der Waals surface area contributed by atoms with E-state index in [9.17, 15) is 4.79 Å². The van der Waals surface area contributed by atoms with E-state index in [4.69, 9.17) is 9.84 Å². The van der Waals surface area contributed by atoms with Crippen LogP contribution in [-0.2, 0) is 9.53 Å². The fourth-order valence-corrected chi connectivity index (χ4v) is 1.72. The van der Waals surface area contributed by atoms with Gasteiger partial charge in [0, 0.05) is 19.3 Å². The summed E-state index contributed by atoms with van der Waals surface area (Å²) in [6, 6.07) is 0.398. The van der Waals surface area contributed by atoms with Gasteiger partial charge in [0.15, 0.2) is 0 Å². The second-order valence-corrected chi connectivity index (χ2v) is 3.30. The molecule has 0 amide bonds. The monoisotopic (exact) mass is 187 g/mol. The van der Waals surface area contributed by atoms with Gasteiger partial charge >= 0.3 is 5.97 Å². The predicted octanol–water partition coefficient (Wildman–Crippen LogP) is 0.572. The third-order valence-corrected chi connectivity index (χ3v) is 2.45. The molecule has 1 fully saturated rings. The van der Waals surface area contributed by atoms with Gasteiger partial charge in [-0.3, -0.25) is 9.69 Å². The van der Waals surface area contributed by atoms with Gasteiger partial charge in [-0.25, -0.2) is 0 Å². The van der Waals surface area contributed by atoms with Crippen LogP contribution in [0.3, 0.4) is 0 Å². The quantitative estimate of drug-likeness (QED) is 0.699. The van der Waals surface area contributed by atoms with E-state index in [0.717, 1.165) is 32.6 Å². The normalized spacial score (nSPS) is 19.2. The second kappa shape index (κ2) is 5.19. The van der Waals surface area contributed by atoms with E-state index in [2.05, 4.69) is 0 Å². The second-order valence-electron chi connectivity index (χ2n) is 3.30. The number of rotatable bonds is 4. The van der Waals surface area contributed by atoms with Crippen LogP contribution < -0.4 is 0 Å². The average molecular weight is 187 g/mol. The molecule has 0 radical (unpaired) electrons. The molecule has 0 atom stereocenters. The van der Waals surface area contributed by atoms with Crippen molar-refractivity contribution in [2.24, 2.45) is 0 Å². The maximum Gasteiger partial charge on any atom is 0.317 e. The minimum absolute atomic E-state index is 0.154. The van der Waals surface area contributed by atoms with Crippen LogP contribution in [-0.4, -0.2) is 48.3 Å². The van der Waals surface area contributed by atoms with Crippen LogP contribution in [0.4, 0.5) is 0 Å². The molecule has 0 unspecified atom stereocenters. The summed E-state index contributed by atoms with van der Waals surface area (Å²) < 4.78 is 5.23. The van der Waals surface area contributed by atoms with E-state index in [1.165, 1.54) is 0 Å². The molecule has 13 heavy (non-hydrogen) atoms. The molecule has 0 saturated carbocycles. The summed E-state index contributed by atoms with van der Waals surface area (Å²) in [5, 5.41) is 8.67. The van der Waals surface area contributed by atoms with E-state index >= 15 is 0 Å². The van der Waals surface area contributed by atoms with Crippen LogP contribution in [0.5, 0.6) is 0 Å². The zero-order valence-corrected chi connectivity index (χ0v) is 8.03. The smallest absolute Gasteiger partial charge is 0.317 e. The molecule has 0 aliphatic carbocycles. The van der Waals surface area contributed by atoms with Crippen molar-refractivity contribution >= 4 is 5.97 Å². The highest BCUT2D eigenvalue weighted by Crippen LogP contribution is 2.13. The molecule has 0 aromatic carbocycles. The van der Waals surface area contributed by atoms with Crippen LogP contribution >= 0.6 is 0 Å². The molecule has 0 aromatic heterocycles. The molecule has 1 N–H and O–H groups in total. The lowest BCUT2D eigenvalue weighted by molar-refractivity contribution is -0.139. The maximum atomic E-state index is 10.5. The first-order valence-electron chi connectivity index (χ1n) is 4.77. The Bertz CT molecular complexity index is 166. The van der Waals surface area contributed by atoms with Crippen LogP contribution in [0.25, 0.3) is 0 Å². The van der Waals surface area contributed by atoms with E-state index < -0.39 is 5.97 Å². The van der Waals surface area contributed by atoms with Gasteiger partial charge in [0.05, 0.1) is 6.54 Å². The Morgan fingerprint density at radius 1 is 1.54 bits per heavy atom. The average Bonchev–Trinajstić information content (AvgIpc) is 2.15. The Morgan fingerprint density at radius 2 is 2.15 bits per heavy atom. The molecule has 0 spiro atoms. The number of carboxylic acid groups (broad SMARTS) is 1. The first-order chi connectivity index (χ1) is 6.24. The minimum Gasteiger partial charge on any atom is -0.480 e. The van der Waals surface area contributed by atoms with Crippen molar-refractivity contribution in [1.82, 2.24) is 4.90 Å². The van der Waals surface area contributed by atoms with Crippen molar-refractivity contribution in [1.29, 1.82) is 0 Å². The molecular weight excluding hydrogens is 170 g/mol. The van der Waals surface area contributed by atoms with Gasteiger partial charge in [-0.15, -0.1) is 0 Å². The maximum absolute atomic E-state index is 10.5. The van der Waals surface area contributed by atoms with Crippen LogP contribution in [0.1, 0.15) is 19.8 Å². The first kappa shape index (κ1) is 10.5. The van der Waals surface area contributed by atoms with Crippen molar-refractivity contribution in [2.45, 2.75) is 25.8 Å². The van der Waals surface area contributed by atoms with Crippen molar-refractivity contribution in [3.8, 4) is 0 Å². The number of carbonyl (C=O) groups is 1. The first-order valence-corrected chi connectivity index (χ1v) is 4.77. The Balaban J connectivity index is 2.39. The molecular formula is C9H17NO3. The van der Waals surface area contributed by atoms with E-state index in [-0.39, 0.29) is 6.54 Å². The summed E-state index contributed by atoms with van der Waals surface area (Å²) in [4.78, 5) is 12.5. The molecule has 4 nitrogen and oxygen atoms in total. The molecule has 4 heteroatoms. The van der Waals surface area contributed by atoms with Crippen LogP contribution in [0, 0.1) is 0 Å². The highest BCUT2D eigenvalue weighted by molar-refractivity contribution is 5.69. The fourth-order valence-electron chi connectivity index (χ4n) is 1.72. The number of aliphatic carboxylic acids is 1. The highest BCUT2D eigenvalue weighted by Gasteiger charge is 2.21. The third-order valence-electron chi connectivity index (χ3n) is 2.45. The summed E-state index contributed by atoms with van der Waals surface area (Å²) in [7, 11) is 0. The van der Waals surface area contributed by atoms with Crippen molar-refractivity contribution in [3.05, 3.63) is 0 Å². The van der Waals surface area contributed by atoms with Crippen molar-refractivity contribution < 1.29 is 14.6 Å². The lowest BCUT2D eigenvalue weighted by Gasteiger charge is -2.32. The number of carboxylic acids is 1. The number of hydrogen-bond donors (Lipinski definition) is 1. The summed E-state index contributed by atoms with van der Waals surface area (Å²) >= 11 is 0. The third kappa shape index (κ3) is 3.32. The van der Waals surface area contributed by atoms with E-state index in [1.54, 1.807) is 0 Å². The molecule has 76 valence electrons. The van der Waals surface area contributed by atoms with Gasteiger partial charge in [-0.05, 0) is 19.4 Å². The molecule has 1 aliphatic rings. The van der Waals surface area contributed by atoms with Gasteiger partial charge in [-0.2, -0.15) is 0 Å². The standard InChI is InChI=1S/C9H17NO3/c1-2-10(7-9(11)12)8-3-5-13-6-4-8/h8H,2-7H2,1H3,(H,11,12). The SMILES string of the molecule is CCN(CC(=O)O)C1CCOCC1. The molecule has 1 saturated heterocycles. The Labute approximate surface area is 78.5 Å². The summed E-state index contributed by atoms with van der Waals surface area (Å²) in [5.74, 6) is -0.742. The Morgan fingerprint density at radius 3 is 2.62 bits per heavy atom. The zero-order chi connectivity index (χ0) is 9.68. The summed E-state index contributed by atoms with van der Waals surface area (Å²) in [6.07, 6.45) is 1.92. The molecule has 0 aromatic rings. The van der Waals surface area contributed by atoms with E-state index in [0.29, 0.717) is 6.04 Å². The lowest BCUT2D eigenvalue weighted by atomic mass is 10.1. The Hall–Kier alpha value is -0.610. The largest absolute Gasteiger partial charge is 0.480 e. The van der Waals surface area contributed by atoms with Crippen LogP contribution in [0.15, 0.2) is 0 Å². The predicted molar refractivity (Wildman–Crippen MR) is 48.7 cm³/mol. The van der Waals surface area contributed by atoms with E-state index in [1.807, 2.05) is 11.8 Å². The van der Waals surface area contributed by atoms with Crippen LogP contribution in [0.2, 0.25) is 0 Å². The van der Waals surface area contributed by atoms with Gasteiger partial charge < -0.3 is 9.84 Å². The van der Waals surface area contributed by atoms with Gasteiger partial charge in [-0.1, -0.05) is 6.92 Å². The minimum atomic E-state index is -0.742. The molecule has 1 aliphatic heterocycles. The Kier molecular flexibility index (Phi) is 4.18. The van der Waals surface area contributed by atoms with Gasteiger partial charge in [0.25, 0.3) is 0 Å². The van der Waals surface area contributed by atoms with Crippen molar-refractivity contribution in [2.75, 3.05) is 26.3 Å².